The molecule has 22 heavy (non-hydrogen) atoms. The highest BCUT2D eigenvalue weighted by molar-refractivity contribution is 7.13. The van der Waals surface area contributed by atoms with Gasteiger partial charge < -0.3 is 14.8 Å². The van der Waals surface area contributed by atoms with Crippen LogP contribution in [0, 0.1) is 0 Å². The number of oxazole rings is 1. The van der Waals surface area contributed by atoms with Gasteiger partial charge in [0.15, 0.2) is 0 Å². The van der Waals surface area contributed by atoms with Crippen LogP contribution in [0.4, 0.5) is 0 Å². The van der Waals surface area contributed by atoms with Crippen LogP contribution in [0.1, 0.15) is 31.4 Å². The molecule has 0 unspecified atom stereocenters. The van der Waals surface area contributed by atoms with E-state index in [-0.39, 0.29) is 12.3 Å². The van der Waals surface area contributed by atoms with Gasteiger partial charge >= 0.3 is 5.97 Å². The van der Waals surface area contributed by atoms with Crippen molar-refractivity contribution in [2.24, 2.45) is 0 Å². The molecule has 116 valence electrons. The fourth-order valence-corrected chi connectivity index (χ4v) is 3.40. The van der Waals surface area contributed by atoms with Crippen molar-refractivity contribution in [1.82, 2.24) is 10.3 Å². The zero-order valence-corrected chi connectivity index (χ0v) is 12.7. The lowest BCUT2D eigenvalue weighted by Gasteiger charge is -2.25. The van der Waals surface area contributed by atoms with Crippen molar-refractivity contribution in [3.63, 3.8) is 0 Å². The van der Waals surface area contributed by atoms with Gasteiger partial charge in [-0.2, -0.15) is 0 Å². The van der Waals surface area contributed by atoms with Crippen molar-refractivity contribution in [2.45, 2.75) is 37.6 Å². The van der Waals surface area contributed by atoms with Crippen LogP contribution in [0.3, 0.4) is 0 Å². The van der Waals surface area contributed by atoms with Crippen LogP contribution in [0.2, 0.25) is 0 Å². The number of aliphatic carboxylic acids is 1. The van der Waals surface area contributed by atoms with E-state index in [1.165, 1.54) is 17.6 Å². The Bertz CT molecular complexity index is 672. The van der Waals surface area contributed by atoms with E-state index in [0.29, 0.717) is 24.4 Å². The summed E-state index contributed by atoms with van der Waals surface area (Å²) in [6.45, 7) is 0. The summed E-state index contributed by atoms with van der Waals surface area (Å²) in [5.41, 5.74) is -0.614. The minimum atomic E-state index is -1.11. The molecule has 1 saturated carbocycles. The van der Waals surface area contributed by atoms with E-state index >= 15 is 0 Å². The zero-order chi connectivity index (χ0) is 15.6. The molecule has 2 heterocycles. The topological polar surface area (TPSA) is 92.4 Å². The second kappa shape index (κ2) is 5.92. The van der Waals surface area contributed by atoms with Gasteiger partial charge in [-0.15, -0.1) is 11.3 Å². The fraction of sp³-hybridized carbons (Fsp3) is 0.400. The summed E-state index contributed by atoms with van der Waals surface area (Å²) in [4.78, 5) is 28.7. The Morgan fingerprint density at radius 1 is 1.41 bits per heavy atom. The first kappa shape index (κ1) is 14.8. The number of rotatable bonds is 5. The van der Waals surface area contributed by atoms with Crippen LogP contribution in [0.5, 0.6) is 0 Å². The molecule has 0 spiro atoms. The summed E-state index contributed by atoms with van der Waals surface area (Å²) >= 11 is 1.50. The van der Waals surface area contributed by atoms with E-state index in [1.807, 2.05) is 17.5 Å². The molecule has 2 aromatic rings. The molecule has 1 amide bonds. The molecule has 2 N–H and O–H groups in total. The van der Waals surface area contributed by atoms with Gasteiger partial charge in [0.25, 0.3) is 0 Å². The minimum absolute atomic E-state index is 0.0178. The van der Waals surface area contributed by atoms with Gasteiger partial charge in [-0.25, -0.2) is 9.78 Å². The molecule has 0 atom stereocenters. The number of hydrogen-bond acceptors (Lipinski definition) is 5. The van der Waals surface area contributed by atoms with Gasteiger partial charge in [0, 0.05) is 0 Å². The van der Waals surface area contributed by atoms with Crippen LogP contribution in [0.25, 0.3) is 10.8 Å². The van der Waals surface area contributed by atoms with Crippen LogP contribution in [-0.4, -0.2) is 27.5 Å². The van der Waals surface area contributed by atoms with Crippen molar-refractivity contribution < 1.29 is 19.1 Å². The molecular weight excluding hydrogens is 304 g/mol. The standard InChI is InChI=1S/C15H16N2O4S/c18-12(17-15(14(19)20)5-1-2-6-15)8-10-9-21-13(16-10)11-4-3-7-22-11/h3-4,7,9H,1-2,5-6,8H2,(H,17,18)(H,19,20). The van der Waals surface area contributed by atoms with E-state index in [2.05, 4.69) is 10.3 Å². The molecular formula is C15H16N2O4S. The number of aromatic nitrogens is 1. The molecule has 1 aliphatic rings. The summed E-state index contributed by atoms with van der Waals surface area (Å²) < 4.78 is 5.36. The zero-order valence-electron chi connectivity index (χ0n) is 11.9. The second-order valence-corrected chi connectivity index (χ2v) is 6.39. The quantitative estimate of drug-likeness (QED) is 0.883. The summed E-state index contributed by atoms with van der Waals surface area (Å²) in [6.07, 6.45) is 4.05. The predicted molar refractivity (Wildman–Crippen MR) is 80.5 cm³/mol. The third-order valence-corrected chi connectivity index (χ3v) is 4.73. The molecule has 1 aliphatic carbocycles. The maximum absolute atomic E-state index is 12.1. The lowest BCUT2D eigenvalue weighted by atomic mass is 9.97. The average molecular weight is 320 g/mol. The van der Waals surface area contributed by atoms with Gasteiger partial charge in [-0.3, -0.25) is 4.79 Å². The summed E-state index contributed by atoms with van der Waals surface area (Å²) in [5.74, 6) is -0.820. The molecule has 6 nitrogen and oxygen atoms in total. The maximum Gasteiger partial charge on any atom is 0.329 e. The number of carboxylic acids is 1. The van der Waals surface area contributed by atoms with Crippen LogP contribution < -0.4 is 5.32 Å². The normalized spacial score (nSPS) is 16.5. The Balaban J connectivity index is 1.66. The van der Waals surface area contributed by atoms with E-state index in [4.69, 9.17) is 4.42 Å². The van der Waals surface area contributed by atoms with E-state index in [9.17, 15) is 14.7 Å². The first-order chi connectivity index (χ1) is 10.6. The number of nitrogens with zero attached hydrogens (tertiary/aromatic N) is 1. The van der Waals surface area contributed by atoms with Gasteiger partial charge in [0.1, 0.15) is 11.8 Å². The SMILES string of the molecule is O=C(Cc1coc(-c2cccs2)n1)NC1(C(=O)O)CCCC1. The first-order valence-electron chi connectivity index (χ1n) is 7.12. The van der Waals surface area contributed by atoms with Crippen LogP contribution in [0.15, 0.2) is 28.2 Å². The summed E-state index contributed by atoms with van der Waals surface area (Å²) in [6, 6.07) is 3.78. The highest BCUT2D eigenvalue weighted by atomic mass is 32.1. The third kappa shape index (κ3) is 2.89. The van der Waals surface area contributed by atoms with Crippen molar-refractivity contribution in [1.29, 1.82) is 0 Å². The van der Waals surface area contributed by atoms with Crippen molar-refractivity contribution >= 4 is 23.2 Å². The molecule has 0 radical (unpaired) electrons. The molecule has 7 heteroatoms. The van der Waals surface area contributed by atoms with E-state index < -0.39 is 11.5 Å². The monoisotopic (exact) mass is 320 g/mol. The number of hydrogen-bond donors (Lipinski definition) is 2. The molecule has 0 bridgehead atoms. The predicted octanol–water partition coefficient (Wildman–Crippen LogP) is 2.46. The minimum Gasteiger partial charge on any atom is -0.480 e. The Hall–Kier alpha value is -2.15. The van der Waals surface area contributed by atoms with Crippen molar-refractivity contribution in [3.8, 4) is 10.8 Å². The molecule has 0 aromatic carbocycles. The number of nitrogens with one attached hydrogen (secondary N) is 1. The van der Waals surface area contributed by atoms with Gasteiger partial charge in [0.05, 0.1) is 17.0 Å². The average Bonchev–Trinajstić information content (AvgIpc) is 3.19. The summed E-state index contributed by atoms with van der Waals surface area (Å²) in [7, 11) is 0. The highest BCUT2D eigenvalue weighted by Gasteiger charge is 2.42. The highest BCUT2D eigenvalue weighted by Crippen LogP contribution is 2.30. The molecule has 3 rings (SSSR count). The van der Waals surface area contributed by atoms with Crippen LogP contribution in [-0.2, 0) is 16.0 Å². The fourth-order valence-electron chi connectivity index (χ4n) is 2.75. The van der Waals surface area contributed by atoms with Crippen molar-refractivity contribution in [2.75, 3.05) is 0 Å². The van der Waals surface area contributed by atoms with E-state index in [1.54, 1.807) is 0 Å². The molecule has 1 fully saturated rings. The Labute approximate surface area is 131 Å². The third-order valence-electron chi connectivity index (χ3n) is 3.87. The Morgan fingerprint density at radius 2 is 2.18 bits per heavy atom. The van der Waals surface area contributed by atoms with E-state index in [0.717, 1.165) is 17.7 Å². The van der Waals surface area contributed by atoms with Crippen LogP contribution >= 0.6 is 11.3 Å². The smallest absolute Gasteiger partial charge is 0.329 e. The molecule has 2 aromatic heterocycles. The second-order valence-electron chi connectivity index (χ2n) is 5.44. The Kier molecular flexibility index (Phi) is 3.98. The lowest BCUT2D eigenvalue weighted by molar-refractivity contribution is -0.147. The molecule has 0 aliphatic heterocycles. The largest absolute Gasteiger partial charge is 0.480 e. The number of carboxylic acid groups (broad SMARTS) is 1. The van der Waals surface area contributed by atoms with Crippen molar-refractivity contribution in [3.05, 3.63) is 29.5 Å². The first-order valence-corrected chi connectivity index (χ1v) is 8.00. The lowest BCUT2D eigenvalue weighted by Crippen LogP contribution is -2.52. The number of thiophene rings is 1. The maximum atomic E-state index is 12.1. The molecule has 0 saturated heterocycles. The summed E-state index contributed by atoms with van der Waals surface area (Å²) in [5, 5.41) is 13.9. The number of carbonyl (C=O) groups excluding carboxylic acids is 1. The number of carbonyl (C=O) groups is 2. The van der Waals surface area contributed by atoms with Gasteiger partial charge in [-0.05, 0) is 24.3 Å². The van der Waals surface area contributed by atoms with Gasteiger partial charge in [0.2, 0.25) is 11.8 Å². The van der Waals surface area contributed by atoms with Gasteiger partial charge in [-0.1, -0.05) is 18.9 Å². The Morgan fingerprint density at radius 3 is 2.82 bits per heavy atom. The number of amides is 1.